The fraction of sp³-hybridized carbons (Fsp3) is 1.00. The maximum Gasteiger partial charge on any atom is 0.0787 e. The Balaban J connectivity index is 1.53. The molecule has 0 unspecified atom stereocenters. The third kappa shape index (κ3) is 2.39. The average molecular weight is 237 g/mol. The van der Waals surface area contributed by atoms with Gasteiger partial charge in [0, 0.05) is 18.9 Å². The second-order valence-electron chi connectivity index (χ2n) is 7.50. The molecule has 17 heavy (non-hydrogen) atoms. The molecule has 0 amide bonds. The fourth-order valence-electron chi connectivity index (χ4n) is 4.10. The Morgan fingerprint density at radius 1 is 0.941 bits per heavy atom. The molecular weight excluding hydrogens is 208 g/mol. The molecule has 0 aromatic rings. The van der Waals surface area contributed by atoms with Crippen molar-refractivity contribution in [1.29, 1.82) is 0 Å². The summed E-state index contributed by atoms with van der Waals surface area (Å²) in [5.41, 5.74) is 0.759. The van der Waals surface area contributed by atoms with Gasteiger partial charge in [-0.05, 0) is 50.6 Å². The summed E-state index contributed by atoms with van der Waals surface area (Å²) in [6.45, 7) is 5.60. The highest BCUT2D eigenvalue weighted by atomic mass is 15.3. The van der Waals surface area contributed by atoms with Gasteiger partial charge in [0.2, 0.25) is 0 Å². The van der Waals surface area contributed by atoms with Crippen LogP contribution in [0.1, 0.15) is 44.9 Å². The van der Waals surface area contributed by atoms with Crippen molar-refractivity contribution in [3.8, 4) is 0 Å². The summed E-state index contributed by atoms with van der Waals surface area (Å²) in [6, 6.07) is 0.957. The van der Waals surface area contributed by atoms with E-state index in [4.69, 9.17) is 0 Å². The van der Waals surface area contributed by atoms with Crippen LogP contribution in [-0.4, -0.2) is 55.7 Å². The Labute approximate surface area is 107 Å². The molecule has 3 rings (SSSR count). The van der Waals surface area contributed by atoms with Crippen molar-refractivity contribution in [2.75, 3.05) is 40.3 Å². The highest BCUT2D eigenvalue weighted by Gasteiger charge is 2.42. The number of nitrogens with zero attached hydrogens (tertiary/aromatic N) is 2. The van der Waals surface area contributed by atoms with Gasteiger partial charge in [0.1, 0.15) is 0 Å². The van der Waals surface area contributed by atoms with Crippen molar-refractivity contribution >= 4 is 0 Å². The molecule has 2 heterocycles. The van der Waals surface area contributed by atoms with Gasteiger partial charge in [-0.25, -0.2) is 0 Å². The van der Waals surface area contributed by atoms with Gasteiger partial charge >= 0.3 is 0 Å². The van der Waals surface area contributed by atoms with Crippen LogP contribution in [0.25, 0.3) is 0 Å². The zero-order valence-corrected chi connectivity index (χ0v) is 11.7. The minimum Gasteiger partial charge on any atom is -0.328 e. The van der Waals surface area contributed by atoms with Crippen LogP contribution in [0, 0.1) is 5.41 Å². The van der Waals surface area contributed by atoms with Crippen molar-refractivity contribution in [1.82, 2.24) is 4.90 Å². The Morgan fingerprint density at radius 2 is 1.53 bits per heavy atom. The van der Waals surface area contributed by atoms with E-state index in [1.54, 1.807) is 0 Å². The molecule has 0 bridgehead atoms. The van der Waals surface area contributed by atoms with Crippen LogP contribution in [-0.2, 0) is 0 Å². The second kappa shape index (κ2) is 4.24. The van der Waals surface area contributed by atoms with Gasteiger partial charge in [-0.3, -0.25) is 0 Å². The topological polar surface area (TPSA) is 3.24 Å². The smallest absolute Gasteiger partial charge is 0.0787 e. The molecule has 2 saturated heterocycles. The number of likely N-dealkylation sites (tertiary alicyclic amines) is 2. The van der Waals surface area contributed by atoms with Gasteiger partial charge in [0.05, 0.1) is 27.2 Å². The Kier molecular flexibility index (Phi) is 2.99. The molecule has 2 heteroatoms. The SMILES string of the molecule is C[N+]1(C)CCC2(CCC(N3CCC3)CC2)CC1. The summed E-state index contributed by atoms with van der Waals surface area (Å²) in [7, 11) is 4.80. The maximum absolute atomic E-state index is 2.73. The minimum atomic E-state index is 0.759. The maximum atomic E-state index is 2.73. The second-order valence-corrected chi connectivity index (χ2v) is 7.50. The first-order valence-corrected chi connectivity index (χ1v) is 7.65. The van der Waals surface area contributed by atoms with E-state index in [1.807, 2.05) is 0 Å². The van der Waals surface area contributed by atoms with E-state index in [2.05, 4.69) is 19.0 Å². The molecule has 3 fully saturated rings. The highest BCUT2D eigenvalue weighted by Crippen LogP contribution is 2.46. The number of hydrogen-bond acceptors (Lipinski definition) is 1. The molecule has 0 radical (unpaired) electrons. The third-order valence-electron chi connectivity index (χ3n) is 5.92. The predicted octanol–water partition coefficient (Wildman–Crippen LogP) is 2.49. The van der Waals surface area contributed by atoms with E-state index >= 15 is 0 Å². The van der Waals surface area contributed by atoms with Crippen LogP contribution in [0.4, 0.5) is 0 Å². The van der Waals surface area contributed by atoms with E-state index in [-0.39, 0.29) is 0 Å². The molecule has 1 spiro atoms. The zero-order valence-electron chi connectivity index (χ0n) is 11.7. The van der Waals surface area contributed by atoms with Crippen LogP contribution in [0.2, 0.25) is 0 Å². The average Bonchev–Trinajstić information content (AvgIpc) is 2.24. The van der Waals surface area contributed by atoms with Crippen molar-refractivity contribution < 1.29 is 4.48 Å². The number of quaternary nitrogens is 1. The summed E-state index contributed by atoms with van der Waals surface area (Å²) in [5, 5.41) is 0. The third-order valence-corrected chi connectivity index (χ3v) is 5.92. The van der Waals surface area contributed by atoms with Crippen LogP contribution in [0.5, 0.6) is 0 Å². The first kappa shape index (κ1) is 12.0. The standard InChI is InChI=1S/C15H29N2/c1-17(2)12-8-15(9-13-17)6-4-14(5-7-15)16-10-3-11-16/h14H,3-13H2,1-2H3/q+1. The first-order chi connectivity index (χ1) is 8.09. The molecule has 2 nitrogen and oxygen atoms in total. The molecule has 0 atom stereocenters. The first-order valence-electron chi connectivity index (χ1n) is 7.65. The Morgan fingerprint density at radius 3 is 2.00 bits per heavy atom. The lowest BCUT2D eigenvalue weighted by Crippen LogP contribution is -2.53. The van der Waals surface area contributed by atoms with Crippen molar-refractivity contribution in [3.05, 3.63) is 0 Å². The van der Waals surface area contributed by atoms with E-state index in [1.165, 1.54) is 75.6 Å². The monoisotopic (exact) mass is 237 g/mol. The van der Waals surface area contributed by atoms with Crippen molar-refractivity contribution in [2.24, 2.45) is 5.41 Å². The van der Waals surface area contributed by atoms with Crippen LogP contribution >= 0.6 is 0 Å². The lowest BCUT2D eigenvalue weighted by Gasteiger charge is -2.50. The van der Waals surface area contributed by atoms with Crippen LogP contribution < -0.4 is 0 Å². The largest absolute Gasteiger partial charge is 0.328 e. The van der Waals surface area contributed by atoms with Crippen LogP contribution in [0.15, 0.2) is 0 Å². The van der Waals surface area contributed by atoms with E-state index in [9.17, 15) is 0 Å². The summed E-state index contributed by atoms with van der Waals surface area (Å²) < 4.78 is 1.26. The van der Waals surface area contributed by atoms with Crippen molar-refractivity contribution in [3.63, 3.8) is 0 Å². The molecule has 98 valence electrons. The molecule has 0 N–H and O–H groups in total. The quantitative estimate of drug-likeness (QED) is 0.633. The molecule has 0 aromatic heterocycles. The molecular formula is C15H29N2+. The fourth-order valence-corrected chi connectivity index (χ4v) is 4.10. The molecule has 1 aliphatic carbocycles. The molecule has 1 saturated carbocycles. The summed E-state index contributed by atoms with van der Waals surface area (Å²) in [6.07, 6.45) is 10.5. The van der Waals surface area contributed by atoms with Gasteiger partial charge in [-0.1, -0.05) is 0 Å². The van der Waals surface area contributed by atoms with Gasteiger partial charge in [0.15, 0.2) is 0 Å². The highest BCUT2D eigenvalue weighted by molar-refractivity contribution is 4.91. The lowest BCUT2D eigenvalue weighted by atomic mass is 9.66. The normalized spacial score (nSPS) is 33.5. The molecule has 2 aliphatic heterocycles. The van der Waals surface area contributed by atoms with E-state index < -0.39 is 0 Å². The lowest BCUT2D eigenvalue weighted by molar-refractivity contribution is -0.897. The van der Waals surface area contributed by atoms with E-state index in [0.717, 1.165) is 11.5 Å². The van der Waals surface area contributed by atoms with Gasteiger partial charge in [0.25, 0.3) is 0 Å². The molecule has 0 aromatic carbocycles. The summed E-state index contributed by atoms with van der Waals surface area (Å²) >= 11 is 0. The summed E-state index contributed by atoms with van der Waals surface area (Å²) in [5.74, 6) is 0. The van der Waals surface area contributed by atoms with E-state index in [0.29, 0.717) is 0 Å². The minimum absolute atomic E-state index is 0.759. The number of hydrogen-bond donors (Lipinski definition) is 0. The van der Waals surface area contributed by atoms with Crippen molar-refractivity contribution in [2.45, 2.75) is 51.0 Å². The predicted molar refractivity (Wildman–Crippen MR) is 72.0 cm³/mol. The van der Waals surface area contributed by atoms with Gasteiger partial charge in [-0.2, -0.15) is 0 Å². The zero-order chi connectivity index (χ0) is 11.9. The van der Waals surface area contributed by atoms with Gasteiger partial charge in [-0.15, -0.1) is 0 Å². The Bertz CT molecular complexity index is 261. The number of piperidine rings is 1. The van der Waals surface area contributed by atoms with Gasteiger partial charge < -0.3 is 9.38 Å². The molecule has 3 aliphatic rings. The number of rotatable bonds is 1. The van der Waals surface area contributed by atoms with Crippen LogP contribution in [0.3, 0.4) is 0 Å². The Hall–Kier alpha value is -0.0800. The summed E-state index contributed by atoms with van der Waals surface area (Å²) in [4.78, 5) is 2.73.